The van der Waals surface area contributed by atoms with E-state index in [4.69, 9.17) is 0 Å². The third kappa shape index (κ3) is 6.73. The summed E-state index contributed by atoms with van der Waals surface area (Å²) in [6.07, 6.45) is 3.44. The molecule has 1 aromatic heterocycles. The number of carbonyl (C=O) groups excluding carboxylic acids is 3. The Kier molecular flexibility index (Phi) is 11.1. The average Bonchev–Trinajstić information content (AvgIpc) is 3.09. The predicted octanol–water partition coefficient (Wildman–Crippen LogP) is 4.60. The van der Waals surface area contributed by atoms with Gasteiger partial charge in [0.25, 0.3) is 5.91 Å². The minimum absolute atomic E-state index is 0. The normalized spacial score (nSPS) is 15.1. The highest BCUT2D eigenvalue weighted by molar-refractivity contribution is 6.08. The molecule has 0 saturated heterocycles. The molecule has 2 heterocycles. The van der Waals surface area contributed by atoms with Crippen molar-refractivity contribution < 1.29 is 14.4 Å². The fourth-order valence-electron chi connectivity index (χ4n) is 5.10. The number of benzene rings is 3. The first kappa shape index (κ1) is 32.5. The number of fused-ring (bicyclic) bond motifs is 2. The van der Waals surface area contributed by atoms with Gasteiger partial charge < -0.3 is 20.4 Å². The molecule has 8 nitrogen and oxygen atoms in total. The Balaban J connectivity index is 0.00000242. The van der Waals surface area contributed by atoms with Crippen LogP contribution in [-0.4, -0.2) is 48.4 Å². The van der Waals surface area contributed by atoms with Crippen molar-refractivity contribution in [2.75, 3.05) is 23.4 Å². The van der Waals surface area contributed by atoms with E-state index < -0.39 is 12.1 Å². The number of carbonyl (C=O) groups is 3. The average molecular weight is 609 g/mol. The molecule has 0 fully saturated rings. The third-order valence-electron chi connectivity index (χ3n) is 7.53. The number of para-hydroxylation sites is 2. The highest BCUT2D eigenvalue weighted by atomic mass is 35.5. The first-order chi connectivity index (χ1) is 19.4. The first-order valence-corrected chi connectivity index (χ1v) is 13.4. The van der Waals surface area contributed by atoms with E-state index in [0.717, 1.165) is 27.5 Å². The van der Waals surface area contributed by atoms with E-state index >= 15 is 0 Å². The Bertz CT molecular complexity index is 1570. The van der Waals surface area contributed by atoms with Crippen LogP contribution in [0.1, 0.15) is 23.6 Å². The standard InChI is InChI=1S/C32H33N5O3.2ClH/c1-21-12-13-24-8-4-5-9-25(24)26(21)19-37-29-11-7-6-10-28(29)36(30(38)18-23-14-16-34-17-15-23)20-27(32(37)40)35-31(39)22(2)33-3;;/h4-17,22,27,33H,18-20H2,1-3H3,(H,35,39);2*1H. The summed E-state index contributed by atoms with van der Waals surface area (Å²) in [6, 6.07) is 21.8. The topological polar surface area (TPSA) is 94.6 Å². The van der Waals surface area contributed by atoms with Crippen LogP contribution in [0, 0.1) is 6.92 Å². The zero-order valence-corrected chi connectivity index (χ0v) is 25.4. The van der Waals surface area contributed by atoms with Gasteiger partial charge in [-0.2, -0.15) is 0 Å². The Hall–Kier alpha value is -3.98. The number of pyridine rings is 1. The van der Waals surface area contributed by atoms with Crippen molar-refractivity contribution in [3.8, 4) is 0 Å². The molecule has 3 aromatic carbocycles. The fourth-order valence-corrected chi connectivity index (χ4v) is 5.10. The van der Waals surface area contributed by atoms with E-state index in [2.05, 4.69) is 39.9 Å². The maximum absolute atomic E-state index is 14.3. The quantitative estimate of drug-likeness (QED) is 0.320. The van der Waals surface area contributed by atoms with E-state index in [-0.39, 0.29) is 55.5 Å². The summed E-state index contributed by atoms with van der Waals surface area (Å²) in [5.74, 6) is -0.749. The van der Waals surface area contributed by atoms with Crippen LogP contribution in [0.3, 0.4) is 0 Å². The predicted molar refractivity (Wildman–Crippen MR) is 172 cm³/mol. The maximum atomic E-state index is 14.3. The second-order valence-electron chi connectivity index (χ2n) is 10.1. The molecule has 42 heavy (non-hydrogen) atoms. The summed E-state index contributed by atoms with van der Waals surface area (Å²) >= 11 is 0. The van der Waals surface area contributed by atoms with E-state index in [1.54, 1.807) is 48.3 Å². The van der Waals surface area contributed by atoms with Crippen molar-refractivity contribution >= 4 is 64.7 Å². The zero-order valence-electron chi connectivity index (χ0n) is 23.7. The summed E-state index contributed by atoms with van der Waals surface area (Å²) in [5, 5.41) is 7.98. The van der Waals surface area contributed by atoms with Gasteiger partial charge in [0.2, 0.25) is 11.8 Å². The van der Waals surface area contributed by atoms with Crippen molar-refractivity contribution in [1.29, 1.82) is 0 Å². The minimum atomic E-state index is -0.938. The van der Waals surface area contributed by atoms with Crippen molar-refractivity contribution in [3.63, 3.8) is 0 Å². The van der Waals surface area contributed by atoms with Crippen LogP contribution in [0.4, 0.5) is 11.4 Å². The van der Waals surface area contributed by atoms with E-state index in [1.165, 1.54) is 0 Å². The molecule has 2 atom stereocenters. The zero-order chi connectivity index (χ0) is 28.2. The Labute approximate surface area is 258 Å². The van der Waals surface area contributed by atoms with Crippen LogP contribution in [-0.2, 0) is 27.3 Å². The smallest absolute Gasteiger partial charge is 0.251 e. The lowest BCUT2D eigenvalue weighted by Gasteiger charge is -2.27. The molecule has 0 spiro atoms. The van der Waals surface area contributed by atoms with Gasteiger partial charge in [0.1, 0.15) is 6.04 Å². The van der Waals surface area contributed by atoms with Crippen LogP contribution in [0.25, 0.3) is 10.8 Å². The first-order valence-electron chi connectivity index (χ1n) is 13.4. The van der Waals surface area contributed by atoms with Gasteiger partial charge in [-0.25, -0.2) is 0 Å². The number of amides is 3. The Morgan fingerprint density at radius 1 is 0.952 bits per heavy atom. The fraction of sp³-hybridized carbons (Fsp3) is 0.250. The summed E-state index contributed by atoms with van der Waals surface area (Å²) in [6.45, 7) is 4.08. The highest BCUT2D eigenvalue weighted by Crippen LogP contribution is 2.36. The molecular weight excluding hydrogens is 573 g/mol. The van der Waals surface area contributed by atoms with Gasteiger partial charge in [-0.15, -0.1) is 24.8 Å². The van der Waals surface area contributed by atoms with E-state index in [9.17, 15) is 14.4 Å². The number of hydrogen-bond acceptors (Lipinski definition) is 5. The molecular formula is C32H35Cl2N5O3. The lowest BCUT2D eigenvalue weighted by Crippen LogP contribution is -2.55. The highest BCUT2D eigenvalue weighted by Gasteiger charge is 2.37. The molecule has 3 amide bonds. The number of nitrogens with one attached hydrogen (secondary N) is 2. The summed E-state index contributed by atoms with van der Waals surface area (Å²) in [4.78, 5) is 48.4. The minimum Gasteiger partial charge on any atom is -0.341 e. The monoisotopic (exact) mass is 607 g/mol. The van der Waals surface area contributed by atoms with Crippen molar-refractivity contribution in [2.24, 2.45) is 0 Å². The van der Waals surface area contributed by atoms with E-state index in [1.807, 2.05) is 43.3 Å². The number of hydrogen-bond donors (Lipinski definition) is 2. The van der Waals surface area contributed by atoms with Gasteiger partial charge in [-0.05, 0) is 72.6 Å². The number of nitrogens with zero attached hydrogens (tertiary/aromatic N) is 3. The number of aromatic nitrogens is 1. The molecule has 5 rings (SSSR count). The number of likely N-dealkylation sites (N-methyl/N-ethyl adjacent to an activating group) is 1. The largest absolute Gasteiger partial charge is 0.341 e. The molecule has 2 unspecified atom stereocenters. The van der Waals surface area contributed by atoms with Crippen molar-refractivity contribution in [3.05, 3.63) is 102 Å². The van der Waals surface area contributed by atoms with Gasteiger partial charge in [0.15, 0.2) is 0 Å². The lowest BCUT2D eigenvalue weighted by atomic mass is 9.99. The van der Waals surface area contributed by atoms with Crippen molar-refractivity contribution in [1.82, 2.24) is 15.6 Å². The molecule has 0 aliphatic carbocycles. The second kappa shape index (κ2) is 14.3. The third-order valence-corrected chi connectivity index (χ3v) is 7.53. The van der Waals surface area contributed by atoms with Crippen LogP contribution >= 0.6 is 24.8 Å². The molecule has 0 bridgehead atoms. The number of halogens is 2. The molecule has 220 valence electrons. The Morgan fingerprint density at radius 2 is 1.62 bits per heavy atom. The van der Waals surface area contributed by atoms with Crippen LogP contribution in [0.5, 0.6) is 0 Å². The van der Waals surface area contributed by atoms with Gasteiger partial charge in [-0.3, -0.25) is 19.4 Å². The molecule has 1 aliphatic rings. The number of aryl methyl sites for hydroxylation is 1. The SMILES string of the molecule is CNC(C)C(=O)NC1CN(C(=O)Cc2ccncc2)c2ccccc2N(Cc2c(C)ccc3ccccc23)C1=O.Cl.Cl. The van der Waals surface area contributed by atoms with Gasteiger partial charge in [0.05, 0.1) is 36.9 Å². The van der Waals surface area contributed by atoms with Gasteiger partial charge >= 0.3 is 0 Å². The molecule has 10 heteroatoms. The summed E-state index contributed by atoms with van der Waals surface area (Å²) in [7, 11) is 1.69. The van der Waals surface area contributed by atoms with Crippen molar-refractivity contribution in [2.45, 2.75) is 38.9 Å². The maximum Gasteiger partial charge on any atom is 0.251 e. The number of anilines is 2. The Morgan fingerprint density at radius 3 is 2.33 bits per heavy atom. The molecule has 0 radical (unpaired) electrons. The van der Waals surface area contributed by atoms with Crippen LogP contribution in [0.15, 0.2) is 85.2 Å². The second-order valence-corrected chi connectivity index (χ2v) is 10.1. The van der Waals surface area contributed by atoms with Gasteiger partial charge in [-0.1, -0.05) is 48.5 Å². The molecule has 0 saturated carbocycles. The van der Waals surface area contributed by atoms with Crippen LogP contribution < -0.4 is 20.4 Å². The summed E-state index contributed by atoms with van der Waals surface area (Å²) in [5.41, 5.74) is 4.16. The van der Waals surface area contributed by atoms with Crippen LogP contribution in [0.2, 0.25) is 0 Å². The van der Waals surface area contributed by atoms with Gasteiger partial charge in [0, 0.05) is 12.4 Å². The lowest BCUT2D eigenvalue weighted by molar-refractivity contribution is -0.128. The summed E-state index contributed by atoms with van der Waals surface area (Å²) < 4.78 is 0. The molecule has 2 N–H and O–H groups in total. The molecule has 4 aromatic rings. The van der Waals surface area contributed by atoms with E-state index in [0.29, 0.717) is 17.9 Å². The molecule has 1 aliphatic heterocycles. The number of rotatable bonds is 7.